The third kappa shape index (κ3) is 7.58. The predicted molar refractivity (Wildman–Crippen MR) is 144 cm³/mol. The summed E-state index contributed by atoms with van der Waals surface area (Å²) < 4.78 is 2.11. The molecule has 0 saturated heterocycles. The van der Waals surface area contributed by atoms with Crippen LogP contribution in [0.15, 0.2) is 72.8 Å². The summed E-state index contributed by atoms with van der Waals surface area (Å²) in [4.78, 5) is 11.9. The van der Waals surface area contributed by atoms with E-state index in [1.54, 1.807) is 11.9 Å². The summed E-state index contributed by atoms with van der Waals surface area (Å²) in [6.45, 7) is 11.4. The highest BCUT2D eigenvalue weighted by Crippen LogP contribution is 2.26. The van der Waals surface area contributed by atoms with Crippen LogP contribution < -0.4 is 0 Å². The molecular formula is C30H39N3O. The number of amides is 1. The van der Waals surface area contributed by atoms with Gasteiger partial charge in [-0.25, -0.2) is 4.68 Å². The van der Waals surface area contributed by atoms with Gasteiger partial charge in [-0.3, -0.25) is 4.79 Å². The molecule has 0 saturated carbocycles. The summed E-state index contributed by atoms with van der Waals surface area (Å²) in [6, 6.07) is 18.6. The molecule has 4 nitrogen and oxygen atoms in total. The van der Waals surface area contributed by atoms with Crippen LogP contribution in [0.2, 0.25) is 0 Å². The second kappa shape index (κ2) is 14.0. The van der Waals surface area contributed by atoms with E-state index in [0.29, 0.717) is 6.54 Å². The predicted octanol–water partition coefficient (Wildman–Crippen LogP) is 7.09. The zero-order valence-corrected chi connectivity index (χ0v) is 21.6. The molecule has 2 aromatic carbocycles. The fourth-order valence-corrected chi connectivity index (χ4v) is 3.78. The first-order valence-corrected chi connectivity index (χ1v) is 12.1. The molecule has 0 aliphatic rings. The molecule has 3 rings (SSSR count). The molecule has 1 aromatic heterocycles. The number of benzene rings is 2. The number of aromatic nitrogens is 2. The summed E-state index contributed by atoms with van der Waals surface area (Å²) in [5.74, 6) is 0. The van der Waals surface area contributed by atoms with E-state index in [4.69, 9.17) is 5.10 Å². The van der Waals surface area contributed by atoms with Gasteiger partial charge in [0.15, 0.2) is 0 Å². The van der Waals surface area contributed by atoms with E-state index in [-0.39, 0.29) is 0 Å². The molecule has 0 bridgehead atoms. The Morgan fingerprint density at radius 2 is 1.71 bits per heavy atom. The van der Waals surface area contributed by atoms with Crippen molar-refractivity contribution < 1.29 is 4.79 Å². The topological polar surface area (TPSA) is 38.1 Å². The van der Waals surface area contributed by atoms with Crippen LogP contribution in [0.5, 0.6) is 0 Å². The highest BCUT2D eigenvalue weighted by atomic mass is 16.1. The number of hydrogen-bond acceptors (Lipinski definition) is 2. The molecule has 0 unspecified atom stereocenters. The van der Waals surface area contributed by atoms with Gasteiger partial charge in [0.05, 0.1) is 11.4 Å². The minimum atomic E-state index is 0.684. The Morgan fingerprint density at radius 3 is 2.26 bits per heavy atom. The lowest BCUT2D eigenvalue weighted by molar-refractivity contribution is -0.117. The zero-order valence-electron chi connectivity index (χ0n) is 21.6. The van der Waals surface area contributed by atoms with Crippen LogP contribution >= 0.6 is 0 Å². The first-order valence-electron chi connectivity index (χ1n) is 12.1. The molecule has 3 aromatic rings. The summed E-state index contributed by atoms with van der Waals surface area (Å²) >= 11 is 0. The van der Waals surface area contributed by atoms with Crippen molar-refractivity contribution in [3.63, 3.8) is 0 Å². The second-order valence-corrected chi connectivity index (χ2v) is 8.49. The molecule has 1 amide bonds. The maximum atomic E-state index is 10.3. The van der Waals surface area contributed by atoms with Crippen molar-refractivity contribution in [3.05, 3.63) is 101 Å². The number of hydrogen-bond donors (Lipinski definition) is 0. The van der Waals surface area contributed by atoms with Gasteiger partial charge < -0.3 is 4.90 Å². The van der Waals surface area contributed by atoms with E-state index >= 15 is 0 Å². The summed E-state index contributed by atoms with van der Waals surface area (Å²) in [5, 5.41) is 4.93. The normalized spacial score (nSPS) is 11.3. The van der Waals surface area contributed by atoms with E-state index < -0.39 is 0 Å². The first kappa shape index (κ1) is 26.8. The summed E-state index contributed by atoms with van der Waals surface area (Å²) in [6.07, 6.45) is 10.5. The van der Waals surface area contributed by atoms with E-state index in [1.165, 1.54) is 22.4 Å². The second-order valence-electron chi connectivity index (χ2n) is 8.49. The number of nitrogens with zero attached hydrogens (tertiary/aromatic N) is 3. The Balaban J connectivity index is 0.000000287. The minimum absolute atomic E-state index is 0.684. The quantitative estimate of drug-likeness (QED) is 0.254. The standard InChI is InChI=1S/C20H26N2.C10H13NO/c1-5-11-17(12-6-2)20-16(4)19(13-7-3)22(21-20)18-14-9-8-10-15-18;1-9-3-5-10(6-4-9)7-11(2)8-12/h5,8-12,14-15H,6-7,13H2,1-4H3;3-6,8H,7H2,1-2H3/b11-5-,17-12+;. The van der Waals surface area contributed by atoms with Crippen molar-refractivity contribution >= 4 is 12.0 Å². The number of aryl methyl sites for hydroxylation is 1. The van der Waals surface area contributed by atoms with Crippen LogP contribution in [-0.2, 0) is 17.8 Å². The van der Waals surface area contributed by atoms with Gasteiger partial charge in [0.2, 0.25) is 6.41 Å². The van der Waals surface area contributed by atoms with Crippen LogP contribution in [0.4, 0.5) is 0 Å². The number of para-hydroxylation sites is 1. The van der Waals surface area contributed by atoms with E-state index in [1.807, 2.05) is 37.3 Å². The van der Waals surface area contributed by atoms with Crippen LogP contribution in [0.1, 0.15) is 61.7 Å². The number of carbonyl (C=O) groups excluding carboxylic acids is 1. The van der Waals surface area contributed by atoms with Crippen LogP contribution in [0, 0.1) is 13.8 Å². The summed E-state index contributed by atoms with van der Waals surface area (Å²) in [7, 11) is 1.77. The van der Waals surface area contributed by atoms with Crippen molar-refractivity contribution in [2.24, 2.45) is 0 Å². The lowest BCUT2D eigenvalue weighted by atomic mass is 10.0. The van der Waals surface area contributed by atoms with Crippen molar-refractivity contribution in [2.75, 3.05) is 7.05 Å². The molecule has 0 atom stereocenters. The highest BCUT2D eigenvalue weighted by Gasteiger charge is 2.16. The fourth-order valence-electron chi connectivity index (χ4n) is 3.78. The Morgan fingerprint density at radius 1 is 1.03 bits per heavy atom. The van der Waals surface area contributed by atoms with Crippen LogP contribution in [0.25, 0.3) is 11.3 Å². The zero-order chi connectivity index (χ0) is 24.9. The molecule has 0 aliphatic heterocycles. The Hall–Kier alpha value is -3.40. The molecular weight excluding hydrogens is 418 g/mol. The van der Waals surface area contributed by atoms with Gasteiger partial charge in [-0.1, -0.05) is 86.5 Å². The van der Waals surface area contributed by atoms with Gasteiger partial charge in [-0.2, -0.15) is 5.10 Å². The average Bonchev–Trinajstić information content (AvgIpc) is 3.17. The third-order valence-corrected chi connectivity index (χ3v) is 5.51. The maximum absolute atomic E-state index is 10.3. The number of rotatable bonds is 9. The van der Waals surface area contributed by atoms with Gasteiger partial charge in [0.1, 0.15) is 0 Å². The smallest absolute Gasteiger partial charge is 0.209 e. The number of allylic oxidation sites excluding steroid dienone is 4. The minimum Gasteiger partial charge on any atom is -0.344 e. The Bertz CT molecular complexity index is 1080. The molecule has 180 valence electrons. The van der Waals surface area contributed by atoms with Crippen LogP contribution in [0.3, 0.4) is 0 Å². The fraction of sp³-hybridized carbons (Fsp3) is 0.333. The van der Waals surface area contributed by atoms with Gasteiger partial charge >= 0.3 is 0 Å². The van der Waals surface area contributed by atoms with Gasteiger partial charge in [0.25, 0.3) is 0 Å². The maximum Gasteiger partial charge on any atom is 0.209 e. The molecule has 0 aliphatic carbocycles. The van der Waals surface area contributed by atoms with Crippen LogP contribution in [-0.4, -0.2) is 28.1 Å². The van der Waals surface area contributed by atoms with Gasteiger partial charge in [-0.05, 0) is 62.4 Å². The largest absolute Gasteiger partial charge is 0.344 e. The highest BCUT2D eigenvalue weighted by molar-refractivity contribution is 5.74. The third-order valence-electron chi connectivity index (χ3n) is 5.51. The molecule has 0 radical (unpaired) electrons. The molecule has 0 fully saturated rings. The molecule has 4 heteroatoms. The summed E-state index contributed by atoms with van der Waals surface area (Å²) in [5.41, 5.74) is 8.47. The Labute approximate surface area is 205 Å². The van der Waals surface area contributed by atoms with Gasteiger partial charge in [0, 0.05) is 19.3 Å². The monoisotopic (exact) mass is 457 g/mol. The van der Waals surface area contributed by atoms with E-state index in [9.17, 15) is 4.79 Å². The average molecular weight is 458 g/mol. The lowest BCUT2D eigenvalue weighted by Gasteiger charge is -2.09. The number of carbonyl (C=O) groups is 1. The molecule has 34 heavy (non-hydrogen) atoms. The first-order chi connectivity index (χ1) is 16.4. The van der Waals surface area contributed by atoms with Crippen molar-refractivity contribution in [1.29, 1.82) is 0 Å². The molecule has 0 spiro atoms. The molecule has 0 N–H and O–H groups in total. The van der Waals surface area contributed by atoms with E-state index in [0.717, 1.165) is 42.6 Å². The van der Waals surface area contributed by atoms with Crippen molar-refractivity contribution in [3.8, 4) is 5.69 Å². The van der Waals surface area contributed by atoms with Crippen molar-refractivity contribution in [1.82, 2.24) is 14.7 Å². The van der Waals surface area contributed by atoms with Gasteiger partial charge in [-0.15, -0.1) is 0 Å². The molecule has 1 heterocycles. The lowest BCUT2D eigenvalue weighted by Crippen LogP contribution is -2.14. The van der Waals surface area contributed by atoms with Crippen molar-refractivity contribution in [2.45, 2.75) is 60.4 Å². The Kier molecular flexibility index (Phi) is 11.0. The van der Waals surface area contributed by atoms with E-state index in [2.05, 4.69) is 74.9 Å². The SMILES string of the molecule is C/C=C\C(=C/CC)c1nn(-c2ccccc2)c(CCC)c1C.Cc1ccc(CN(C)C=O)cc1.